The van der Waals surface area contributed by atoms with Crippen LogP contribution in [-0.2, 0) is 6.54 Å². The summed E-state index contributed by atoms with van der Waals surface area (Å²) in [5, 5.41) is 4.40. The molecule has 0 amide bonds. The van der Waals surface area contributed by atoms with Gasteiger partial charge in [0.05, 0.1) is 6.54 Å². The number of benzene rings is 2. The van der Waals surface area contributed by atoms with Crippen molar-refractivity contribution in [3.63, 3.8) is 0 Å². The number of nitrogens with zero attached hydrogens (tertiary/aromatic N) is 1. The van der Waals surface area contributed by atoms with Gasteiger partial charge >= 0.3 is 0 Å². The lowest BCUT2D eigenvalue weighted by Crippen LogP contribution is -2.17. The summed E-state index contributed by atoms with van der Waals surface area (Å²) >= 11 is 6.93. The number of hydrogen-bond acceptors (Lipinski definition) is 3. The van der Waals surface area contributed by atoms with Gasteiger partial charge in [-0.05, 0) is 29.0 Å². The molecule has 2 N–H and O–H groups in total. The van der Waals surface area contributed by atoms with Gasteiger partial charge in [0.1, 0.15) is 4.99 Å². The van der Waals surface area contributed by atoms with Gasteiger partial charge in [-0.25, -0.2) is 0 Å². The third-order valence-electron chi connectivity index (χ3n) is 3.55. The average Bonchev–Trinajstić information content (AvgIpc) is 2.98. The third-order valence-corrected chi connectivity index (χ3v) is 4.63. The molecule has 0 saturated carbocycles. The molecule has 0 spiro atoms. The fourth-order valence-electron chi connectivity index (χ4n) is 2.55. The van der Waals surface area contributed by atoms with Gasteiger partial charge in [-0.2, -0.15) is 0 Å². The van der Waals surface area contributed by atoms with E-state index in [2.05, 4.69) is 47.7 Å². The summed E-state index contributed by atoms with van der Waals surface area (Å²) in [6, 6.07) is 16.6. The van der Waals surface area contributed by atoms with Crippen LogP contribution < -0.4 is 10.6 Å². The summed E-state index contributed by atoms with van der Waals surface area (Å²) < 4.78 is 0. The van der Waals surface area contributed by atoms with E-state index in [0.717, 1.165) is 17.5 Å². The maximum Gasteiger partial charge on any atom is 0.104 e. The zero-order chi connectivity index (χ0) is 14.8. The highest BCUT2D eigenvalue weighted by Gasteiger charge is 2.11. The minimum atomic E-state index is 0.443. The Kier molecular flexibility index (Phi) is 3.90. The van der Waals surface area contributed by atoms with Crippen molar-refractivity contribution in [2.75, 3.05) is 11.9 Å². The van der Waals surface area contributed by atoms with Crippen molar-refractivity contribution in [1.29, 1.82) is 0 Å². The molecule has 0 bridgehead atoms. The van der Waals surface area contributed by atoms with Gasteiger partial charge in [-0.1, -0.05) is 42.5 Å². The highest BCUT2D eigenvalue weighted by molar-refractivity contribution is 7.80. The Morgan fingerprint density at radius 3 is 2.52 bits per heavy atom. The minimum Gasteiger partial charge on any atom is -0.389 e. The second kappa shape index (κ2) is 5.84. The molecule has 0 saturated heterocycles. The number of fused-ring (bicyclic) bond motifs is 1. The van der Waals surface area contributed by atoms with Gasteiger partial charge in [0, 0.05) is 28.6 Å². The van der Waals surface area contributed by atoms with E-state index in [1.54, 1.807) is 11.3 Å². The van der Waals surface area contributed by atoms with Crippen molar-refractivity contribution < 1.29 is 0 Å². The maximum absolute atomic E-state index is 5.84. The normalized spacial score (nSPS) is 10.7. The number of thiophene rings is 1. The van der Waals surface area contributed by atoms with Crippen LogP contribution in [0.25, 0.3) is 10.8 Å². The first kappa shape index (κ1) is 14.0. The summed E-state index contributed by atoms with van der Waals surface area (Å²) in [6.45, 7) is 0.897. The molecule has 0 aliphatic heterocycles. The summed E-state index contributed by atoms with van der Waals surface area (Å²) in [4.78, 5) is 4.05. The number of rotatable bonds is 4. The van der Waals surface area contributed by atoms with Crippen molar-refractivity contribution in [2.24, 2.45) is 5.73 Å². The Morgan fingerprint density at radius 1 is 1.10 bits per heavy atom. The highest BCUT2D eigenvalue weighted by Crippen LogP contribution is 2.30. The zero-order valence-corrected chi connectivity index (χ0v) is 13.4. The van der Waals surface area contributed by atoms with Crippen LogP contribution in [0, 0.1) is 0 Å². The summed E-state index contributed by atoms with van der Waals surface area (Å²) in [7, 11) is 2.11. The second-order valence-electron chi connectivity index (χ2n) is 4.98. The first-order chi connectivity index (χ1) is 10.2. The molecule has 106 valence electrons. The van der Waals surface area contributed by atoms with E-state index in [4.69, 9.17) is 18.0 Å². The molecule has 1 heterocycles. The van der Waals surface area contributed by atoms with E-state index in [1.807, 2.05) is 18.2 Å². The molecular formula is C17H16N2S2. The van der Waals surface area contributed by atoms with E-state index in [9.17, 15) is 0 Å². The fraction of sp³-hybridized carbons (Fsp3) is 0.118. The van der Waals surface area contributed by atoms with Crippen LogP contribution in [0.4, 0.5) is 5.69 Å². The van der Waals surface area contributed by atoms with Gasteiger partial charge in [0.2, 0.25) is 0 Å². The molecule has 0 aliphatic carbocycles. The van der Waals surface area contributed by atoms with Gasteiger partial charge in [-0.3, -0.25) is 0 Å². The van der Waals surface area contributed by atoms with E-state index < -0.39 is 0 Å². The number of nitrogens with two attached hydrogens (primary N) is 1. The monoisotopic (exact) mass is 312 g/mol. The lowest BCUT2D eigenvalue weighted by molar-refractivity contribution is 0.946. The van der Waals surface area contributed by atoms with Crippen LogP contribution in [0.2, 0.25) is 0 Å². The lowest BCUT2D eigenvalue weighted by atomic mass is 10.0. The molecule has 0 atom stereocenters. The van der Waals surface area contributed by atoms with Gasteiger partial charge in [0.25, 0.3) is 0 Å². The topological polar surface area (TPSA) is 29.3 Å². The lowest BCUT2D eigenvalue weighted by Gasteiger charge is -2.21. The van der Waals surface area contributed by atoms with E-state index in [1.165, 1.54) is 16.0 Å². The molecule has 2 nitrogen and oxygen atoms in total. The first-order valence-electron chi connectivity index (χ1n) is 6.72. The van der Waals surface area contributed by atoms with Crippen LogP contribution in [0.3, 0.4) is 0 Å². The summed E-state index contributed by atoms with van der Waals surface area (Å²) in [5.74, 6) is 0. The molecular weight excluding hydrogens is 296 g/mol. The minimum absolute atomic E-state index is 0.443. The van der Waals surface area contributed by atoms with Gasteiger partial charge in [0.15, 0.2) is 0 Å². The molecule has 0 radical (unpaired) electrons. The molecule has 21 heavy (non-hydrogen) atoms. The second-order valence-corrected chi connectivity index (χ2v) is 6.45. The quantitative estimate of drug-likeness (QED) is 0.733. The Balaban J connectivity index is 2.07. The predicted molar refractivity (Wildman–Crippen MR) is 96.3 cm³/mol. The Hall–Kier alpha value is -1.91. The molecule has 1 aromatic heterocycles. The van der Waals surface area contributed by atoms with Gasteiger partial charge in [-0.15, -0.1) is 11.3 Å². The van der Waals surface area contributed by atoms with Crippen molar-refractivity contribution in [1.82, 2.24) is 0 Å². The van der Waals surface area contributed by atoms with Crippen LogP contribution in [0.1, 0.15) is 10.4 Å². The number of anilines is 1. The standard InChI is InChI=1S/C17H16N2S2/c1-19(11-12-5-4-10-21-12)16-9-8-15(17(18)20)13-6-2-3-7-14(13)16/h2-10H,11H2,1H3,(H2,18,20). The number of thiocarbonyl (C=S) groups is 1. The Bertz CT molecular complexity index is 779. The van der Waals surface area contributed by atoms with Crippen molar-refractivity contribution in [2.45, 2.75) is 6.54 Å². The molecule has 0 aliphatic rings. The number of hydrogen-bond donors (Lipinski definition) is 1. The van der Waals surface area contributed by atoms with Crippen molar-refractivity contribution >= 4 is 45.0 Å². The van der Waals surface area contributed by atoms with E-state index >= 15 is 0 Å². The van der Waals surface area contributed by atoms with Crippen molar-refractivity contribution in [3.8, 4) is 0 Å². The fourth-order valence-corrected chi connectivity index (χ4v) is 3.49. The molecule has 3 rings (SSSR count). The molecule has 2 aromatic carbocycles. The average molecular weight is 312 g/mol. The van der Waals surface area contributed by atoms with Crippen molar-refractivity contribution in [3.05, 3.63) is 64.4 Å². The smallest absolute Gasteiger partial charge is 0.104 e. The molecule has 0 fully saturated rings. The maximum atomic E-state index is 5.84. The van der Waals surface area contributed by atoms with Crippen LogP contribution >= 0.6 is 23.6 Å². The van der Waals surface area contributed by atoms with E-state index in [0.29, 0.717) is 4.99 Å². The Morgan fingerprint density at radius 2 is 1.86 bits per heavy atom. The Labute approximate surface area is 133 Å². The summed E-state index contributed by atoms with van der Waals surface area (Å²) in [5.41, 5.74) is 7.97. The SMILES string of the molecule is CN(Cc1cccs1)c1ccc(C(N)=S)c2ccccc12. The molecule has 0 unspecified atom stereocenters. The first-order valence-corrected chi connectivity index (χ1v) is 8.00. The van der Waals surface area contributed by atoms with E-state index in [-0.39, 0.29) is 0 Å². The summed E-state index contributed by atoms with van der Waals surface area (Å²) in [6.07, 6.45) is 0. The molecule has 3 aromatic rings. The van der Waals surface area contributed by atoms with Crippen LogP contribution in [0.5, 0.6) is 0 Å². The van der Waals surface area contributed by atoms with Crippen LogP contribution in [0.15, 0.2) is 53.9 Å². The van der Waals surface area contributed by atoms with Gasteiger partial charge < -0.3 is 10.6 Å². The largest absolute Gasteiger partial charge is 0.389 e. The van der Waals surface area contributed by atoms with Crippen LogP contribution in [-0.4, -0.2) is 12.0 Å². The highest BCUT2D eigenvalue weighted by atomic mass is 32.1. The molecule has 4 heteroatoms. The predicted octanol–water partition coefficient (Wildman–Crippen LogP) is 4.17. The zero-order valence-electron chi connectivity index (χ0n) is 11.7. The third kappa shape index (κ3) is 2.77.